The Morgan fingerprint density at radius 3 is 2.50 bits per heavy atom. The molecule has 0 saturated heterocycles. The van der Waals surface area contributed by atoms with Crippen molar-refractivity contribution in [2.45, 2.75) is 26.3 Å². The number of nitrogens with one attached hydrogen (secondary N) is 2. The summed E-state index contributed by atoms with van der Waals surface area (Å²) in [6, 6.07) is 0.143. The Morgan fingerprint density at radius 2 is 2.00 bits per heavy atom. The number of methoxy groups -OCH3 is 1. The maximum Gasteiger partial charge on any atom is 0.306 e. The molecule has 1 amide bonds. The van der Waals surface area contributed by atoms with E-state index in [1.807, 2.05) is 13.8 Å². The number of hydrogen-bond donors (Lipinski definition) is 2. The van der Waals surface area contributed by atoms with Crippen molar-refractivity contribution in [3.63, 3.8) is 0 Å². The summed E-state index contributed by atoms with van der Waals surface area (Å²) in [4.78, 5) is 21.7. The fourth-order valence-corrected chi connectivity index (χ4v) is 0.867. The summed E-state index contributed by atoms with van der Waals surface area (Å²) in [5.74, 6) is -0.341. The maximum atomic E-state index is 11.1. The second-order valence-corrected chi connectivity index (χ2v) is 3.23. The van der Waals surface area contributed by atoms with Gasteiger partial charge in [0.2, 0.25) is 5.91 Å². The number of carbonyl (C=O) groups excluding carboxylic acids is 2. The highest BCUT2D eigenvalue weighted by molar-refractivity contribution is 5.78. The zero-order chi connectivity index (χ0) is 11.0. The summed E-state index contributed by atoms with van der Waals surface area (Å²) in [6.07, 6.45) is 0.283. The van der Waals surface area contributed by atoms with Gasteiger partial charge in [0.15, 0.2) is 0 Å². The average Bonchev–Trinajstić information content (AvgIpc) is 2.10. The first-order valence-electron chi connectivity index (χ1n) is 4.63. The lowest BCUT2D eigenvalue weighted by molar-refractivity contribution is -0.140. The van der Waals surface area contributed by atoms with Gasteiger partial charge < -0.3 is 15.4 Å². The zero-order valence-electron chi connectivity index (χ0n) is 8.92. The Morgan fingerprint density at radius 1 is 1.36 bits per heavy atom. The van der Waals surface area contributed by atoms with Crippen molar-refractivity contribution in [1.29, 1.82) is 0 Å². The Hall–Kier alpha value is -1.10. The van der Waals surface area contributed by atoms with Crippen LogP contribution in [0.25, 0.3) is 0 Å². The van der Waals surface area contributed by atoms with Crippen LogP contribution in [-0.2, 0) is 14.3 Å². The Bertz CT molecular complexity index is 192. The molecule has 2 N–H and O–H groups in total. The van der Waals surface area contributed by atoms with Crippen LogP contribution in [0.2, 0.25) is 0 Å². The van der Waals surface area contributed by atoms with E-state index in [-0.39, 0.29) is 30.9 Å². The number of esters is 1. The largest absolute Gasteiger partial charge is 0.469 e. The maximum absolute atomic E-state index is 11.1. The van der Waals surface area contributed by atoms with Gasteiger partial charge in [-0.05, 0) is 13.8 Å². The van der Waals surface area contributed by atoms with Crippen molar-refractivity contribution in [2.75, 3.05) is 20.2 Å². The Labute approximate surface area is 84.2 Å². The van der Waals surface area contributed by atoms with Gasteiger partial charge in [-0.3, -0.25) is 9.59 Å². The second-order valence-electron chi connectivity index (χ2n) is 3.23. The van der Waals surface area contributed by atoms with Crippen LogP contribution in [0.4, 0.5) is 0 Å². The van der Waals surface area contributed by atoms with Gasteiger partial charge in [-0.2, -0.15) is 0 Å². The highest BCUT2D eigenvalue weighted by Gasteiger charge is 2.03. The second kappa shape index (κ2) is 7.32. The third-order valence-electron chi connectivity index (χ3n) is 1.47. The molecule has 0 atom stereocenters. The Kier molecular flexibility index (Phi) is 6.74. The van der Waals surface area contributed by atoms with E-state index >= 15 is 0 Å². The van der Waals surface area contributed by atoms with Crippen molar-refractivity contribution in [2.24, 2.45) is 0 Å². The summed E-state index contributed by atoms with van der Waals surface area (Å²) >= 11 is 0. The molecule has 0 aliphatic heterocycles. The molecule has 5 heteroatoms. The summed E-state index contributed by atoms with van der Waals surface area (Å²) in [5.41, 5.74) is 0. The van der Waals surface area contributed by atoms with Crippen LogP contribution in [0.3, 0.4) is 0 Å². The lowest BCUT2D eigenvalue weighted by Crippen LogP contribution is -2.38. The number of ether oxygens (including phenoxy) is 1. The molecule has 0 radical (unpaired) electrons. The number of carbonyl (C=O) groups is 2. The van der Waals surface area contributed by atoms with E-state index in [1.165, 1.54) is 7.11 Å². The van der Waals surface area contributed by atoms with Crippen LogP contribution in [-0.4, -0.2) is 38.1 Å². The first kappa shape index (κ1) is 12.9. The molecule has 0 spiro atoms. The van der Waals surface area contributed by atoms with E-state index in [0.717, 1.165) is 0 Å². The number of amides is 1. The van der Waals surface area contributed by atoms with Gasteiger partial charge in [0.25, 0.3) is 0 Å². The fraction of sp³-hybridized carbons (Fsp3) is 0.778. The predicted molar refractivity (Wildman–Crippen MR) is 52.8 cm³/mol. The van der Waals surface area contributed by atoms with Crippen LogP contribution in [0, 0.1) is 0 Å². The molecule has 0 aromatic heterocycles. The molecule has 0 aromatic carbocycles. The molecule has 0 unspecified atom stereocenters. The van der Waals surface area contributed by atoms with Crippen LogP contribution in [0.15, 0.2) is 0 Å². The summed E-state index contributed by atoms with van der Waals surface area (Å²) in [5, 5.41) is 5.57. The molecule has 0 rings (SSSR count). The van der Waals surface area contributed by atoms with Crippen molar-refractivity contribution < 1.29 is 14.3 Å². The highest BCUT2D eigenvalue weighted by Crippen LogP contribution is 1.81. The van der Waals surface area contributed by atoms with E-state index in [1.54, 1.807) is 0 Å². The molecule has 0 saturated carbocycles. The van der Waals surface area contributed by atoms with Crippen LogP contribution >= 0.6 is 0 Å². The number of rotatable bonds is 6. The first-order chi connectivity index (χ1) is 6.56. The van der Waals surface area contributed by atoms with Gasteiger partial charge in [-0.25, -0.2) is 0 Å². The minimum Gasteiger partial charge on any atom is -0.469 e. The molecule has 82 valence electrons. The molecule has 0 aromatic rings. The fourth-order valence-electron chi connectivity index (χ4n) is 0.867. The molecular weight excluding hydrogens is 184 g/mol. The Balaban J connectivity index is 3.36. The SMILES string of the molecule is COC(=O)CCNCC(=O)NC(C)C. The van der Waals surface area contributed by atoms with Crippen LogP contribution in [0.1, 0.15) is 20.3 Å². The molecular formula is C9H18N2O3. The molecule has 0 aliphatic carbocycles. The third kappa shape index (κ3) is 7.54. The third-order valence-corrected chi connectivity index (χ3v) is 1.47. The predicted octanol–water partition coefficient (Wildman–Crippen LogP) is -0.336. The lowest BCUT2D eigenvalue weighted by Gasteiger charge is -2.08. The van der Waals surface area contributed by atoms with E-state index in [9.17, 15) is 9.59 Å². The van der Waals surface area contributed by atoms with Crippen LogP contribution < -0.4 is 10.6 Å². The first-order valence-corrected chi connectivity index (χ1v) is 4.63. The summed E-state index contributed by atoms with van der Waals surface area (Å²) in [7, 11) is 1.34. The number of hydrogen-bond acceptors (Lipinski definition) is 4. The molecule has 0 fully saturated rings. The van der Waals surface area contributed by atoms with E-state index < -0.39 is 0 Å². The van der Waals surface area contributed by atoms with Gasteiger partial charge in [0.05, 0.1) is 20.1 Å². The smallest absolute Gasteiger partial charge is 0.306 e. The average molecular weight is 202 g/mol. The van der Waals surface area contributed by atoms with Crippen molar-refractivity contribution in [3.05, 3.63) is 0 Å². The van der Waals surface area contributed by atoms with Gasteiger partial charge in [-0.15, -0.1) is 0 Å². The molecule has 0 aliphatic rings. The van der Waals surface area contributed by atoms with Gasteiger partial charge in [0, 0.05) is 12.6 Å². The van der Waals surface area contributed by atoms with Gasteiger partial charge in [-0.1, -0.05) is 0 Å². The van der Waals surface area contributed by atoms with E-state index in [0.29, 0.717) is 6.54 Å². The summed E-state index contributed by atoms with van der Waals surface area (Å²) < 4.78 is 4.44. The minimum atomic E-state index is -0.276. The van der Waals surface area contributed by atoms with Crippen molar-refractivity contribution in [3.8, 4) is 0 Å². The van der Waals surface area contributed by atoms with Gasteiger partial charge in [0.1, 0.15) is 0 Å². The zero-order valence-corrected chi connectivity index (χ0v) is 8.92. The quantitative estimate of drug-likeness (QED) is 0.457. The standard InChI is InChI=1S/C9H18N2O3/c1-7(2)11-8(12)6-10-5-4-9(13)14-3/h7,10H,4-6H2,1-3H3,(H,11,12). The molecule has 14 heavy (non-hydrogen) atoms. The highest BCUT2D eigenvalue weighted by atomic mass is 16.5. The van der Waals surface area contributed by atoms with E-state index in [4.69, 9.17) is 0 Å². The topological polar surface area (TPSA) is 67.4 Å². The minimum absolute atomic E-state index is 0.0649. The molecule has 5 nitrogen and oxygen atoms in total. The molecule has 0 bridgehead atoms. The van der Waals surface area contributed by atoms with Gasteiger partial charge >= 0.3 is 5.97 Å². The van der Waals surface area contributed by atoms with Crippen molar-refractivity contribution >= 4 is 11.9 Å². The summed E-state index contributed by atoms with van der Waals surface area (Å²) in [6.45, 7) is 4.48. The van der Waals surface area contributed by atoms with Crippen molar-refractivity contribution in [1.82, 2.24) is 10.6 Å². The molecule has 0 heterocycles. The van der Waals surface area contributed by atoms with Crippen LogP contribution in [0.5, 0.6) is 0 Å². The normalized spacial score (nSPS) is 10.0. The lowest BCUT2D eigenvalue weighted by atomic mass is 10.4. The monoisotopic (exact) mass is 202 g/mol. The van der Waals surface area contributed by atoms with E-state index in [2.05, 4.69) is 15.4 Å².